The molecule has 7 heteroatoms. The van der Waals surface area contributed by atoms with Gasteiger partial charge < -0.3 is 10.4 Å². The second-order valence-corrected chi connectivity index (χ2v) is 5.70. The van der Waals surface area contributed by atoms with Gasteiger partial charge in [0.25, 0.3) is 5.91 Å². The van der Waals surface area contributed by atoms with E-state index in [0.29, 0.717) is 10.6 Å². The summed E-state index contributed by atoms with van der Waals surface area (Å²) in [4.78, 5) is 28.0. The molecule has 5 nitrogen and oxygen atoms in total. The summed E-state index contributed by atoms with van der Waals surface area (Å²) in [6, 6.07) is 4.67. The number of carboxylic acids is 1. The van der Waals surface area contributed by atoms with Crippen LogP contribution in [0.3, 0.4) is 0 Å². The Hall–Kier alpha value is -1.92. The normalized spacial score (nSPS) is 10.3. The van der Waals surface area contributed by atoms with E-state index >= 15 is 0 Å². The monoisotopic (exact) mass is 310 g/mol. The zero-order chi connectivity index (χ0) is 14.9. The molecule has 2 N–H and O–H groups in total. The Kier molecular flexibility index (Phi) is 4.06. The Bertz CT molecular complexity index is 697. The molecule has 0 spiro atoms. The van der Waals surface area contributed by atoms with Gasteiger partial charge in [-0.2, -0.15) is 0 Å². The highest BCUT2D eigenvalue weighted by molar-refractivity contribution is 7.16. The molecule has 1 amide bonds. The number of nitrogens with zero attached hydrogens (tertiary/aromatic N) is 1. The van der Waals surface area contributed by atoms with Crippen LogP contribution in [0, 0.1) is 13.8 Å². The first kappa shape index (κ1) is 14.5. The average molecular weight is 311 g/mol. The summed E-state index contributed by atoms with van der Waals surface area (Å²) in [6.07, 6.45) is 0. The van der Waals surface area contributed by atoms with Crippen LogP contribution in [0.25, 0.3) is 0 Å². The van der Waals surface area contributed by atoms with Gasteiger partial charge in [-0.3, -0.25) is 4.79 Å². The van der Waals surface area contributed by atoms with E-state index < -0.39 is 11.9 Å². The Morgan fingerprint density at radius 1 is 1.35 bits per heavy atom. The van der Waals surface area contributed by atoms with Crippen molar-refractivity contribution in [3.05, 3.63) is 45.1 Å². The molecule has 0 aliphatic heterocycles. The first-order chi connectivity index (χ1) is 9.40. The molecule has 0 bridgehead atoms. The zero-order valence-corrected chi connectivity index (χ0v) is 12.3. The zero-order valence-electron chi connectivity index (χ0n) is 10.7. The van der Waals surface area contributed by atoms with Crippen molar-refractivity contribution in [2.75, 3.05) is 5.32 Å². The number of pyridine rings is 1. The van der Waals surface area contributed by atoms with E-state index in [0.717, 1.165) is 4.88 Å². The van der Waals surface area contributed by atoms with Crippen molar-refractivity contribution < 1.29 is 14.7 Å². The number of halogens is 1. The number of nitrogens with one attached hydrogen (secondary N) is 1. The highest BCUT2D eigenvalue weighted by atomic mass is 35.5. The van der Waals surface area contributed by atoms with Crippen LogP contribution in [0.4, 0.5) is 5.00 Å². The van der Waals surface area contributed by atoms with E-state index in [4.69, 9.17) is 11.6 Å². The van der Waals surface area contributed by atoms with Gasteiger partial charge in [-0.15, -0.1) is 11.3 Å². The highest BCUT2D eigenvalue weighted by Crippen LogP contribution is 2.32. The van der Waals surface area contributed by atoms with E-state index in [1.165, 1.54) is 17.4 Å². The maximum absolute atomic E-state index is 12.0. The second-order valence-electron chi connectivity index (χ2n) is 4.09. The number of hydrogen-bond acceptors (Lipinski definition) is 4. The third kappa shape index (κ3) is 2.81. The fourth-order valence-corrected chi connectivity index (χ4v) is 2.89. The van der Waals surface area contributed by atoms with Crippen LogP contribution in [-0.2, 0) is 0 Å². The van der Waals surface area contributed by atoms with E-state index in [9.17, 15) is 14.7 Å². The van der Waals surface area contributed by atoms with Crippen LogP contribution >= 0.6 is 22.9 Å². The number of rotatable bonds is 3. The number of aromatic nitrogens is 1. The third-order valence-corrected chi connectivity index (χ3v) is 4.11. The molecule has 2 heterocycles. The number of carbonyl (C=O) groups excluding carboxylic acids is 1. The minimum atomic E-state index is -1.07. The number of amides is 1. The molecule has 0 aromatic carbocycles. The lowest BCUT2D eigenvalue weighted by Gasteiger charge is -2.04. The molecule has 104 valence electrons. The van der Waals surface area contributed by atoms with Gasteiger partial charge >= 0.3 is 5.97 Å². The molecule has 20 heavy (non-hydrogen) atoms. The summed E-state index contributed by atoms with van der Waals surface area (Å²) in [6.45, 7) is 3.52. The molecule has 0 saturated carbocycles. The average Bonchev–Trinajstić information content (AvgIpc) is 2.64. The Morgan fingerprint density at radius 3 is 2.65 bits per heavy atom. The van der Waals surface area contributed by atoms with Crippen molar-refractivity contribution in [1.82, 2.24) is 4.98 Å². The molecule has 2 aromatic heterocycles. The molecule has 0 unspecified atom stereocenters. The lowest BCUT2D eigenvalue weighted by molar-refractivity contribution is 0.0697. The maximum atomic E-state index is 12.0. The fourth-order valence-electron chi connectivity index (χ4n) is 1.67. The summed E-state index contributed by atoms with van der Waals surface area (Å²) >= 11 is 6.94. The molecule has 0 atom stereocenters. The first-order valence-electron chi connectivity index (χ1n) is 5.67. The van der Waals surface area contributed by atoms with Crippen LogP contribution in [-0.4, -0.2) is 22.0 Å². The second kappa shape index (κ2) is 5.60. The van der Waals surface area contributed by atoms with Gasteiger partial charge in [0.1, 0.15) is 15.8 Å². The van der Waals surface area contributed by atoms with Gasteiger partial charge in [0.05, 0.1) is 5.56 Å². The standard InChI is InChI=1S/C13H11ClN2O3S/c1-6-7(2)20-12(10(6)13(18)19)16-11(17)8-4-3-5-9(14)15-8/h3-5H,1-2H3,(H,16,17)(H,18,19). The van der Waals surface area contributed by atoms with Crippen molar-refractivity contribution in [2.24, 2.45) is 0 Å². The highest BCUT2D eigenvalue weighted by Gasteiger charge is 2.21. The molecule has 0 fully saturated rings. The summed E-state index contributed by atoms with van der Waals surface area (Å²) in [5.41, 5.74) is 0.900. The molecule has 0 aliphatic carbocycles. The molecule has 0 radical (unpaired) electrons. The number of aryl methyl sites for hydroxylation is 1. The Balaban J connectivity index is 2.33. The van der Waals surface area contributed by atoms with Crippen molar-refractivity contribution in [3.63, 3.8) is 0 Å². The Morgan fingerprint density at radius 2 is 2.05 bits per heavy atom. The van der Waals surface area contributed by atoms with Gasteiger partial charge in [0, 0.05) is 4.88 Å². The molecular formula is C13H11ClN2O3S. The van der Waals surface area contributed by atoms with Crippen LogP contribution in [0.2, 0.25) is 5.15 Å². The Labute approximate surface area is 124 Å². The van der Waals surface area contributed by atoms with Gasteiger partial charge in [0.2, 0.25) is 0 Å². The fraction of sp³-hybridized carbons (Fsp3) is 0.154. The molecule has 0 saturated heterocycles. The SMILES string of the molecule is Cc1sc(NC(=O)c2cccc(Cl)n2)c(C(=O)O)c1C. The minimum Gasteiger partial charge on any atom is -0.478 e. The first-order valence-corrected chi connectivity index (χ1v) is 6.86. The van der Waals surface area contributed by atoms with Gasteiger partial charge in [-0.05, 0) is 31.5 Å². The topological polar surface area (TPSA) is 79.3 Å². The number of carboxylic acid groups (broad SMARTS) is 1. The van der Waals surface area contributed by atoms with Crippen LogP contribution in [0.15, 0.2) is 18.2 Å². The predicted octanol–water partition coefficient (Wildman–Crippen LogP) is 3.36. The molecular weight excluding hydrogens is 300 g/mol. The number of aromatic carboxylic acids is 1. The predicted molar refractivity (Wildman–Crippen MR) is 78.0 cm³/mol. The maximum Gasteiger partial charge on any atom is 0.338 e. The quantitative estimate of drug-likeness (QED) is 0.852. The minimum absolute atomic E-state index is 0.114. The van der Waals surface area contributed by atoms with E-state index in [1.54, 1.807) is 26.0 Å². The van der Waals surface area contributed by atoms with E-state index in [-0.39, 0.29) is 16.4 Å². The van der Waals surface area contributed by atoms with Gasteiger partial charge in [-0.25, -0.2) is 9.78 Å². The lowest BCUT2D eigenvalue weighted by Crippen LogP contribution is -2.15. The smallest absolute Gasteiger partial charge is 0.338 e. The number of hydrogen-bond donors (Lipinski definition) is 2. The van der Waals surface area contributed by atoms with Crippen LogP contribution < -0.4 is 5.32 Å². The largest absolute Gasteiger partial charge is 0.478 e. The molecule has 2 aromatic rings. The number of anilines is 1. The van der Waals surface area contributed by atoms with E-state index in [2.05, 4.69) is 10.3 Å². The lowest BCUT2D eigenvalue weighted by atomic mass is 10.1. The van der Waals surface area contributed by atoms with E-state index in [1.807, 2.05) is 0 Å². The van der Waals surface area contributed by atoms with Crippen molar-refractivity contribution in [2.45, 2.75) is 13.8 Å². The molecule has 2 rings (SSSR count). The summed E-state index contributed by atoms with van der Waals surface area (Å²) in [7, 11) is 0. The third-order valence-electron chi connectivity index (χ3n) is 2.77. The van der Waals surface area contributed by atoms with Gasteiger partial charge in [-0.1, -0.05) is 17.7 Å². The number of thiophene rings is 1. The van der Waals surface area contributed by atoms with Gasteiger partial charge in [0.15, 0.2) is 0 Å². The van der Waals surface area contributed by atoms with Crippen molar-refractivity contribution in [3.8, 4) is 0 Å². The summed E-state index contributed by atoms with van der Waals surface area (Å²) in [5, 5.41) is 12.3. The summed E-state index contributed by atoms with van der Waals surface area (Å²) < 4.78 is 0. The van der Waals surface area contributed by atoms with Crippen molar-refractivity contribution >= 4 is 39.8 Å². The summed E-state index contributed by atoms with van der Waals surface area (Å²) in [5.74, 6) is -1.56. The van der Waals surface area contributed by atoms with Crippen LogP contribution in [0.1, 0.15) is 31.3 Å². The van der Waals surface area contributed by atoms with Crippen LogP contribution in [0.5, 0.6) is 0 Å². The molecule has 0 aliphatic rings. The van der Waals surface area contributed by atoms with Crippen molar-refractivity contribution in [1.29, 1.82) is 0 Å². The number of carbonyl (C=O) groups is 2.